The van der Waals surface area contributed by atoms with Crippen LogP contribution in [0.15, 0.2) is 0 Å². The lowest BCUT2D eigenvalue weighted by molar-refractivity contribution is -0.134. The maximum atomic E-state index is 12.6. The minimum Gasteiger partial charge on any atom is -0.392 e. The first-order chi connectivity index (χ1) is 13.8. The van der Waals surface area contributed by atoms with Crippen LogP contribution in [0, 0.1) is 23.2 Å². The topological polar surface area (TPSA) is 74.2 Å². The Hall–Kier alpha value is -1.14. The zero-order valence-corrected chi connectivity index (χ0v) is 19.1. The van der Waals surface area contributed by atoms with Crippen LogP contribution in [0.5, 0.6) is 0 Å². The Kier molecular flexibility index (Phi) is 5.95. The molecule has 0 radical (unpaired) electrons. The number of fused-ring (bicyclic) bond motifs is 2. The van der Waals surface area contributed by atoms with Gasteiger partial charge in [-0.05, 0) is 55.8 Å². The smallest absolute Gasteiger partial charge is 0.223 e. The van der Waals surface area contributed by atoms with Gasteiger partial charge in [-0.1, -0.05) is 34.1 Å². The quantitative estimate of drug-likeness (QED) is 0.575. The van der Waals surface area contributed by atoms with E-state index >= 15 is 0 Å². The van der Waals surface area contributed by atoms with Crippen LogP contribution < -0.4 is 10.6 Å². The second kappa shape index (κ2) is 8.18. The molecule has 3 aliphatic carbocycles. The van der Waals surface area contributed by atoms with Crippen LogP contribution >= 0.6 is 11.3 Å². The molecule has 6 atom stereocenters. The van der Waals surface area contributed by atoms with E-state index in [1.54, 1.807) is 11.3 Å². The Morgan fingerprint density at radius 2 is 2.14 bits per heavy atom. The highest BCUT2D eigenvalue weighted by Crippen LogP contribution is 2.57. The van der Waals surface area contributed by atoms with Crippen LogP contribution in [0.4, 0.5) is 5.13 Å². The van der Waals surface area contributed by atoms with Crippen molar-refractivity contribution in [1.82, 2.24) is 10.3 Å². The summed E-state index contributed by atoms with van der Waals surface area (Å²) in [5.41, 5.74) is 1.26. The molecule has 29 heavy (non-hydrogen) atoms. The van der Waals surface area contributed by atoms with Gasteiger partial charge in [0.25, 0.3) is 0 Å². The number of aliphatic hydroxyl groups is 1. The number of amides is 1. The summed E-state index contributed by atoms with van der Waals surface area (Å²) >= 11 is 1.80. The van der Waals surface area contributed by atoms with Crippen molar-refractivity contribution in [1.29, 1.82) is 0 Å². The van der Waals surface area contributed by atoms with E-state index in [0.717, 1.165) is 50.2 Å². The van der Waals surface area contributed by atoms with Gasteiger partial charge in [0.15, 0.2) is 5.13 Å². The number of thiazole rings is 1. The zero-order chi connectivity index (χ0) is 20.8. The average molecular weight is 420 g/mol. The molecule has 1 amide bonds. The van der Waals surface area contributed by atoms with E-state index in [1.807, 2.05) is 6.92 Å². The molecule has 1 aromatic rings. The minimum absolute atomic E-state index is 0.0385. The van der Waals surface area contributed by atoms with E-state index in [1.165, 1.54) is 17.0 Å². The highest BCUT2D eigenvalue weighted by atomic mass is 32.1. The zero-order valence-electron chi connectivity index (χ0n) is 18.3. The summed E-state index contributed by atoms with van der Waals surface area (Å²) in [5, 5.41) is 19.1. The van der Waals surface area contributed by atoms with Crippen molar-refractivity contribution in [3.63, 3.8) is 0 Å². The second-order valence-corrected chi connectivity index (χ2v) is 11.1. The van der Waals surface area contributed by atoms with Crippen molar-refractivity contribution in [2.75, 3.05) is 11.9 Å². The minimum atomic E-state index is -0.449. The van der Waals surface area contributed by atoms with Crippen LogP contribution in [-0.4, -0.2) is 34.7 Å². The number of nitrogens with zero attached hydrogens (tertiary/aromatic N) is 1. The van der Waals surface area contributed by atoms with Gasteiger partial charge in [0, 0.05) is 29.3 Å². The van der Waals surface area contributed by atoms with Crippen LogP contribution in [0.3, 0.4) is 0 Å². The maximum Gasteiger partial charge on any atom is 0.223 e. The van der Waals surface area contributed by atoms with Gasteiger partial charge in [-0.3, -0.25) is 4.79 Å². The second-order valence-electron chi connectivity index (χ2n) is 10.0. The third-order valence-electron chi connectivity index (χ3n) is 7.71. The molecule has 5 nitrogen and oxygen atoms in total. The molecule has 0 unspecified atom stereocenters. The lowest BCUT2D eigenvalue weighted by atomic mass is 9.53. The van der Waals surface area contributed by atoms with Crippen molar-refractivity contribution in [3.8, 4) is 0 Å². The number of nitrogens with one attached hydrogen (secondary N) is 2. The van der Waals surface area contributed by atoms with Gasteiger partial charge >= 0.3 is 0 Å². The molecule has 3 N–H and O–H groups in total. The third kappa shape index (κ3) is 4.07. The predicted molar refractivity (Wildman–Crippen MR) is 118 cm³/mol. The number of carbonyl (C=O) groups excluding carboxylic acids is 1. The van der Waals surface area contributed by atoms with E-state index in [4.69, 9.17) is 4.98 Å². The molecule has 162 valence electrons. The summed E-state index contributed by atoms with van der Waals surface area (Å²) in [7, 11) is 0. The van der Waals surface area contributed by atoms with Gasteiger partial charge in [0.2, 0.25) is 5.91 Å². The highest BCUT2D eigenvalue weighted by Gasteiger charge is 2.54. The van der Waals surface area contributed by atoms with Crippen LogP contribution in [0.25, 0.3) is 0 Å². The summed E-state index contributed by atoms with van der Waals surface area (Å²) in [5.74, 6) is 0.413. The molecule has 2 fully saturated rings. The van der Waals surface area contributed by atoms with Gasteiger partial charge in [0.1, 0.15) is 0 Å². The number of hydrogen-bond donors (Lipinski definition) is 3. The first-order valence-electron chi connectivity index (χ1n) is 11.6. The lowest BCUT2D eigenvalue weighted by Gasteiger charge is -2.53. The monoisotopic (exact) mass is 419 g/mol. The first-order valence-corrected chi connectivity index (χ1v) is 12.4. The van der Waals surface area contributed by atoms with E-state index in [0.29, 0.717) is 6.04 Å². The number of hydrogen-bond acceptors (Lipinski definition) is 5. The molecule has 0 bridgehead atoms. The molecule has 1 heterocycles. The summed E-state index contributed by atoms with van der Waals surface area (Å²) in [6.07, 6.45) is 7.08. The normalized spacial score (nSPS) is 34.8. The third-order valence-corrected chi connectivity index (χ3v) is 8.74. The average Bonchev–Trinajstić information content (AvgIpc) is 3.39. The fourth-order valence-electron chi connectivity index (χ4n) is 5.75. The number of unbranched alkanes of at least 4 members (excludes halogenated alkanes) is 1. The van der Waals surface area contributed by atoms with Gasteiger partial charge in [-0.2, -0.15) is 0 Å². The number of anilines is 1. The molecule has 1 aromatic heterocycles. The van der Waals surface area contributed by atoms with Crippen molar-refractivity contribution in [3.05, 3.63) is 10.6 Å². The van der Waals surface area contributed by atoms with E-state index in [9.17, 15) is 9.90 Å². The lowest BCUT2D eigenvalue weighted by Crippen LogP contribution is -2.53. The largest absolute Gasteiger partial charge is 0.392 e. The van der Waals surface area contributed by atoms with Crippen molar-refractivity contribution >= 4 is 22.4 Å². The fraction of sp³-hybridized carbons (Fsp3) is 0.826. The van der Waals surface area contributed by atoms with Gasteiger partial charge in [-0.15, -0.1) is 11.3 Å². The summed E-state index contributed by atoms with van der Waals surface area (Å²) in [6.45, 7) is 9.75. The van der Waals surface area contributed by atoms with Gasteiger partial charge in [-0.25, -0.2) is 4.98 Å². The van der Waals surface area contributed by atoms with Crippen LogP contribution in [0.2, 0.25) is 0 Å². The molecular weight excluding hydrogens is 382 g/mol. The number of aromatic nitrogens is 1. The Bertz CT molecular complexity index is 746. The Morgan fingerprint density at radius 3 is 2.83 bits per heavy atom. The van der Waals surface area contributed by atoms with Gasteiger partial charge < -0.3 is 15.7 Å². The van der Waals surface area contributed by atoms with Crippen molar-refractivity contribution < 1.29 is 9.90 Å². The number of rotatable bonds is 7. The fourth-order valence-corrected chi connectivity index (χ4v) is 7.04. The molecule has 0 saturated heterocycles. The molecule has 0 aliphatic heterocycles. The summed E-state index contributed by atoms with van der Waals surface area (Å²) < 4.78 is 0. The molecule has 4 rings (SSSR count). The number of carbonyl (C=O) groups is 1. The van der Waals surface area contributed by atoms with E-state index in [-0.39, 0.29) is 35.0 Å². The van der Waals surface area contributed by atoms with E-state index < -0.39 is 6.10 Å². The summed E-state index contributed by atoms with van der Waals surface area (Å²) in [6, 6.07) is 0.376. The summed E-state index contributed by atoms with van der Waals surface area (Å²) in [4.78, 5) is 19.0. The molecular formula is C23H37N3O2S. The van der Waals surface area contributed by atoms with Gasteiger partial charge in [0.05, 0.1) is 11.8 Å². The Balaban J connectivity index is 1.51. The molecule has 0 aromatic carbocycles. The van der Waals surface area contributed by atoms with E-state index in [2.05, 4.69) is 31.4 Å². The number of aliphatic hydroxyl groups excluding tert-OH is 1. The Morgan fingerprint density at radius 1 is 1.38 bits per heavy atom. The van der Waals surface area contributed by atoms with Crippen LogP contribution in [-0.2, 0) is 11.2 Å². The highest BCUT2D eigenvalue weighted by molar-refractivity contribution is 7.15. The Labute approximate surface area is 179 Å². The van der Waals surface area contributed by atoms with Crippen molar-refractivity contribution in [2.45, 2.75) is 90.7 Å². The SMILES string of the molecule is CCCCNc1nc2c(s1)C[C@]1(C)CC[C@H]([C@H](C)C(=O)NC3CC3)[C@H](O)[C@H]1[C@@H]2C. The molecule has 3 aliphatic rings. The van der Waals surface area contributed by atoms with Crippen molar-refractivity contribution in [2.24, 2.45) is 23.2 Å². The molecule has 2 saturated carbocycles. The maximum absolute atomic E-state index is 12.6. The standard InChI is InChI=1S/C23H37N3O2S/c1-5-6-11-24-22-26-19-14(3)18-20(27)16(13(2)21(28)25-15-7-8-15)9-10-23(18,4)12-17(19)29-22/h13-16,18,20,27H,5-12H2,1-4H3,(H,24,26)(H,25,28)/t13-,14-,16+,18+,20-,23-/m0/s1. The molecule has 6 heteroatoms. The first kappa shape index (κ1) is 21.1. The molecule has 0 spiro atoms. The van der Waals surface area contributed by atoms with Crippen LogP contribution in [0.1, 0.15) is 82.7 Å². The predicted octanol–water partition coefficient (Wildman–Crippen LogP) is 4.32.